The van der Waals surface area contributed by atoms with Gasteiger partial charge in [-0.3, -0.25) is 14.4 Å². The van der Waals surface area contributed by atoms with Crippen molar-refractivity contribution < 1.29 is 9.59 Å². The van der Waals surface area contributed by atoms with Crippen molar-refractivity contribution >= 4 is 34.1 Å². The van der Waals surface area contributed by atoms with Crippen LogP contribution in [-0.2, 0) is 0 Å². The Bertz CT molecular complexity index is 1090. The summed E-state index contributed by atoms with van der Waals surface area (Å²) in [6, 6.07) is 13.5. The van der Waals surface area contributed by atoms with Crippen LogP contribution in [0.15, 0.2) is 53.3 Å². The molecule has 0 radical (unpaired) electrons. The molecule has 1 aromatic heterocycles. The van der Waals surface area contributed by atoms with Crippen LogP contribution < -0.4 is 27.2 Å². The maximum Gasteiger partial charge on any atom is 0.261 e. The Morgan fingerprint density at radius 1 is 1.07 bits per heavy atom. The first kappa shape index (κ1) is 20.1. The second-order valence-electron chi connectivity index (χ2n) is 6.46. The summed E-state index contributed by atoms with van der Waals surface area (Å²) in [6.07, 6.45) is 0.704. The maximum absolute atomic E-state index is 12.6. The van der Waals surface area contributed by atoms with Crippen molar-refractivity contribution in [2.75, 3.05) is 30.8 Å². The lowest BCUT2D eigenvalue weighted by molar-refractivity contribution is 0.0953. The fourth-order valence-electron chi connectivity index (χ4n) is 2.92. The van der Waals surface area contributed by atoms with Gasteiger partial charge in [0.1, 0.15) is 5.56 Å². The van der Waals surface area contributed by atoms with E-state index in [4.69, 9.17) is 5.73 Å². The number of carbonyl (C=O) groups is 2. The zero-order chi connectivity index (χ0) is 20.8. The molecule has 3 rings (SSSR count). The highest BCUT2D eigenvalue weighted by Gasteiger charge is 2.14. The number of aromatic amines is 1. The number of rotatable bonds is 7. The summed E-state index contributed by atoms with van der Waals surface area (Å²) in [6.45, 7) is 1.02. The van der Waals surface area contributed by atoms with Crippen molar-refractivity contribution in [2.45, 2.75) is 6.42 Å². The molecule has 0 spiro atoms. The zero-order valence-electron chi connectivity index (χ0n) is 16.0. The molecule has 150 valence electrons. The van der Waals surface area contributed by atoms with E-state index in [1.807, 2.05) is 18.2 Å². The number of hydrogen-bond acceptors (Lipinski definition) is 5. The van der Waals surface area contributed by atoms with E-state index in [0.717, 1.165) is 11.1 Å². The largest absolute Gasteiger partial charge is 0.386 e. The van der Waals surface area contributed by atoms with Crippen LogP contribution in [0.5, 0.6) is 0 Å². The Hall–Kier alpha value is -3.65. The average Bonchev–Trinajstić information content (AvgIpc) is 2.73. The number of para-hydroxylation sites is 1. The molecule has 0 bridgehead atoms. The minimum Gasteiger partial charge on any atom is -0.386 e. The quantitative estimate of drug-likeness (QED) is 0.392. The van der Waals surface area contributed by atoms with E-state index < -0.39 is 11.5 Å². The normalized spacial score (nSPS) is 10.6. The van der Waals surface area contributed by atoms with Crippen molar-refractivity contribution in [2.24, 2.45) is 5.73 Å². The lowest BCUT2D eigenvalue weighted by Gasteiger charge is -2.09. The minimum atomic E-state index is -0.525. The number of H-pyrrole nitrogens is 1. The number of benzene rings is 2. The number of hydrogen-bond donors (Lipinski definition) is 5. The van der Waals surface area contributed by atoms with Crippen molar-refractivity contribution in [3.63, 3.8) is 0 Å². The third kappa shape index (κ3) is 4.61. The van der Waals surface area contributed by atoms with Crippen LogP contribution >= 0.6 is 0 Å². The molecule has 3 aromatic rings. The molecular formula is C21H23N5O3. The number of nitrogens with two attached hydrogens (primary N) is 1. The van der Waals surface area contributed by atoms with Gasteiger partial charge in [-0.25, -0.2) is 0 Å². The topological polar surface area (TPSA) is 129 Å². The van der Waals surface area contributed by atoms with E-state index in [1.165, 1.54) is 0 Å². The molecule has 0 aliphatic heterocycles. The number of aromatic nitrogens is 1. The van der Waals surface area contributed by atoms with Gasteiger partial charge in [0.05, 0.1) is 11.2 Å². The van der Waals surface area contributed by atoms with Gasteiger partial charge in [-0.2, -0.15) is 0 Å². The second kappa shape index (κ2) is 9.03. The molecule has 1 heterocycles. The van der Waals surface area contributed by atoms with E-state index in [1.54, 1.807) is 37.4 Å². The Morgan fingerprint density at radius 3 is 2.52 bits per heavy atom. The number of nitrogens with one attached hydrogen (secondary N) is 4. The molecule has 0 atom stereocenters. The molecule has 8 heteroatoms. The van der Waals surface area contributed by atoms with Gasteiger partial charge in [0.2, 0.25) is 0 Å². The summed E-state index contributed by atoms with van der Waals surface area (Å²) in [7, 11) is 1.76. The van der Waals surface area contributed by atoms with Crippen molar-refractivity contribution in [3.8, 4) is 0 Å². The average molecular weight is 393 g/mol. The van der Waals surface area contributed by atoms with Gasteiger partial charge in [-0.05, 0) is 49.4 Å². The van der Waals surface area contributed by atoms with E-state index in [9.17, 15) is 14.4 Å². The van der Waals surface area contributed by atoms with Gasteiger partial charge in [-0.1, -0.05) is 12.1 Å². The molecule has 0 unspecified atom stereocenters. The van der Waals surface area contributed by atoms with Gasteiger partial charge < -0.3 is 26.7 Å². The molecule has 2 aromatic carbocycles. The summed E-state index contributed by atoms with van der Waals surface area (Å²) < 4.78 is 0. The summed E-state index contributed by atoms with van der Waals surface area (Å²) in [5.41, 5.74) is 7.30. The number of anilines is 2. The monoisotopic (exact) mass is 393 g/mol. The Labute approximate surface area is 167 Å². The van der Waals surface area contributed by atoms with E-state index in [0.29, 0.717) is 36.3 Å². The first-order chi connectivity index (χ1) is 14.0. The summed E-state index contributed by atoms with van der Waals surface area (Å²) in [4.78, 5) is 39.7. The molecule has 6 N–H and O–H groups in total. The summed E-state index contributed by atoms with van der Waals surface area (Å²) in [5.74, 6) is -0.731. The summed E-state index contributed by atoms with van der Waals surface area (Å²) >= 11 is 0. The Morgan fingerprint density at radius 2 is 1.83 bits per heavy atom. The summed E-state index contributed by atoms with van der Waals surface area (Å²) in [5, 5.41) is 9.20. The molecule has 0 saturated carbocycles. The minimum absolute atomic E-state index is 0.00866. The highest BCUT2D eigenvalue weighted by molar-refractivity contribution is 6.06. The predicted octanol–water partition coefficient (Wildman–Crippen LogP) is 1.90. The smallest absolute Gasteiger partial charge is 0.261 e. The van der Waals surface area contributed by atoms with Gasteiger partial charge >= 0.3 is 0 Å². The van der Waals surface area contributed by atoms with E-state index in [-0.39, 0.29) is 11.5 Å². The van der Waals surface area contributed by atoms with Crippen LogP contribution in [0, 0.1) is 0 Å². The number of fused-ring (bicyclic) bond motifs is 1. The Kier molecular flexibility index (Phi) is 6.25. The highest BCUT2D eigenvalue weighted by atomic mass is 16.2. The van der Waals surface area contributed by atoms with E-state index in [2.05, 4.69) is 20.9 Å². The van der Waals surface area contributed by atoms with Crippen molar-refractivity contribution in [1.29, 1.82) is 0 Å². The number of pyridine rings is 1. The first-order valence-electron chi connectivity index (χ1n) is 9.27. The van der Waals surface area contributed by atoms with Gasteiger partial charge in [0.15, 0.2) is 0 Å². The van der Waals surface area contributed by atoms with Crippen molar-refractivity contribution in [3.05, 3.63) is 70.0 Å². The van der Waals surface area contributed by atoms with E-state index >= 15 is 0 Å². The van der Waals surface area contributed by atoms with Crippen molar-refractivity contribution in [1.82, 2.24) is 10.3 Å². The third-order valence-corrected chi connectivity index (χ3v) is 4.47. The number of amides is 2. The molecule has 2 amide bonds. The predicted molar refractivity (Wildman–Crippen MR) is 115 cm³/mol. The molecular weight excluding hydrogens is 370 g/mol. The highest BCUT2D eigenvalue weighted by Crippen LogP contribution is 2.20. The van der Waals surface area contributed by atoms with Crippen LogP contribution in [0.2, 0.25) is 0 Å². The molecule has 0 fully saturated rings. The zero-order valence-corrected chi connectivity index (χ0v) is 16.0. The van der Waals surface area contributed by atoms with Crippen LogP contribution in [0.1, 0.15) is 27.1 Å². The Balaban J connectivity index is 1.76. The van der Waals surface area contributed by atoms with Crippen LogP contribution in [-0.4, -0.2) is 36.9 Å². The molecule has 0 aliphatic carbocycles. The maximum atomic E-state index is 12.6. The lowest BCUT2D eigenvalue weighted by Crippen LogP contribution is -2.26. The third-order valence-electron chi connectivity index (χ3n) is 4.47. The SMILES string of the molecule is CNc1cccc2cc(C(=O)Nc3ccc(C(=O)NCCCN)cc3)c(=O)[nH]c12. The number of carbonyl (C=O) groups excluding carboxylic acids is 2. The van der Waals surface area contributed by atoms with Gasteiger partial charge in [0, 0.05) is 30.2 Å². The molecule has 0 aliphatic rings. The van der Waals surface area contributed by atoms with Gasteiger partial charge in [0.25, 0.3) is 17.4 Å². The molecule has 29 heavy (non-hydrogen) atoms. The van der Waals surface area contributed by atoms with Crippen LogP contribution in [0.25, 0.3) is 10.9 Å². The standard InChI is InChI=1S/C21H23N5O3/c1-23-17-5-2-4-14-12-16(21(29)26-18(14)17)20(28)25-15-8-6-13(7-9-15)19(27)24-11-3-10-22/h2,4-9,12,23H,3,10-11,22H2,1H3,(H,24,27)(H,25,28)(H,26,29). The molecule has 8 nitrogen and oxygen atoms in total. The fourth-order valence-corrected chi connectivity index (χ4v) is 2.92. The van der Waals surface area contributed by atoms with Gasteiger partial charge in [-0.15, -0.1) is 0 Å². The second-order valence-corrected chi connectivity index (χ2v) is 6.46. The fraction of sp³-hybridized carbons (Fsp3) is 0.190. The molecule has 0 saturated heterocycles. The lowest BCUT2D eigenvalue weighted by atomic mass is 10.1. The van der Waals surface area contributed by atoms with Crippen LogP contribution in [0.4, 0.5) is 11.4 Å². The first-order valence-corrected chi connectivity index (χ1v) is 9.27. The van der Waals surface area contributed by atoms with Crippen LogP contribution in [0.3, 0.4) is 0 Å².